The van der Waals surface area contributed by atoms with Crippen molar-refractivity contribution in [2.24, 2.45) is 0 Å². The van der Waals surface area contributed by atoms with Crippen molar-refractivity contribution in [1.29, 1.82) is 0 Å². The second-order valence-corrected chi connectivity index (χ2v) is 5.18. The lowest BCUT2D eigenvalue weighted by Gasteiger charge is -2.05. The Morgan fingerprint density at radius 2 is 1.95 bits per heavy atom. The van der Waals surface area contributed by atoms with Gasteiger partial charge in [-0.1, -0.05) is 6.07 Å². The van der Waals surface area contributed by atoms with Gasteiger partial charge in [-0.2, -0.15) is 0 Å². The molecule has 0 bridgehead atoms. The molecule has 2 rings (SSSR count). The molecule has 20 heavy (non-hydrogen) atoms. The van der Waals surface area contributed by atoms with E-state index in [1.165, 1.54) is 5.56 Å². The third-order valence-electron chi connectivity index (χ3n) is 2.88. The zero-order valence-corrected chi connectivity index (χ0v) is 12.3. The van der Waals surface area contributed by atoms with Crippen LogP contribution in [0.25, 0.3) is 0 Å². The maximum Gasteiger partial charge on any atom is 0.283 e. The highest BCUT2D eigenvalue weighted by molar-refractivity contribution is 9.10. The third-order valence-corrected chi connectivity index (χ3v) is 3.55. The Bertz CT molecular complexity index is 590. The number of benzene rings is 1. The Morgan fingerprint density at radius 3 is 2.65 bits per heavy atom. The van der Waals surface area contributed by atoms with E-state index in [4.69, 9.17) is 0 Å². The fourth-order valence-electron chi connectivity index (χ4n) is 1.82. The van der Waals surface area contributed by atoms with Crippen molar-refractivity contribution >= 4 is 21.6 Å². The highest BCUT2D eigenvalue weighted by atomic mass is 79.9. The van der Waals surface area contributed by atoms with Crippen LogP contribution in [0.15, 0.2) is 47.2 Å². The minimum absolute atomic E-state index is 0.0958. The van der Waals surface area contributed by atoms with Gasteiger partial charge in [-0.25, -0.2) is 0 Å². The molecule has 0 atom stereocenters. The Morgan fingerprint density at radius 1 is 1.20 bits per heavy atom. The van der Waals surface area contributed by atoms with E-state index in [1.807, 2.05) is 18.2 Å². The molecule has 0 saturated heterocycles. The van der Waals surface area contributed by atoms with Gasteiger partial charge in [0.25, 0.3) is 5.69 Å². The average Bonchev–Trinajstić information content (AvgIpc) is 2.46. The lowest BCUT2D eigenvalue weighted by molar-refractivity contribution is -0.385. The van der Waals surface area contributed by atoms with Gasteiger partial charge in [0.05, 0.1) is 9.40 Å². The summed E-state index contributed by atoms with van der Waals surface area (Å²) < 4.78 is 0.503. The number of hydrogen-bond acceptors (Lipinski definition) is 4. The molecule has 1 heterocycles. The molecule has 1 aromatic heterocycles. The number of hydrogen-bond donors (Lipinski definition) is 1. The lowest BCUT2D eigenvalue weighted by Crippen LogP contribution is -2.16. The van der Waals surface area contributed by atoms with Gasteiger partial charge in [-0.3, -0.25) is 15.1 Å². The van der Waals surface area contributed by atoms with E-state index >= 15 is 0 Å². The van der Waals surface area contributed by atoms with Crippen LogP contribution >= 0.6 is 15.9 Å². The van der Waals surface area contributed by atoms with Crippen LogP contribution in [0.5, 0.6) is 0 Å². The maximum absolute atomic E-state index is 10.8. The van der Waals surface area contributed by atoms with Gasteiger partial charge in [0, 0.05) is 25.0 Å². The number of nitrogens with zero attached hydrogens (tertiary/aromatic N) is 2. The van der Waals surface area contributed by atoms with Gasteiger partial charge < -0.3 is 5.32 Å². The molecule has 2 aromatic rings. The summed E-state index contributed by atoms with van der Waals surface area (Å²) in [5.41, 5.74) is 2.21. The summed E-state index contributed by atoms with van der Waals surface area (Å²) in [5, 5.41) is 14.1. The van der Waals surface area contributed by atoms with Crippen molar-refractivity contribution in [1.82, 2.24) is 10.3 Å². The van der Waals surface area contributed by atoms with Crippen molar-refractivity contribution < 1.29 is 4.92 Å². The van der Waals surface area contributed by atoms with Crippen molar-refractivity contribution in [2.45, 2.75) is 13.0 Å². The Balaban J connectivity index is 1.85. The second kappa shape index (κ2) is 7.12. The summed E-state index contributed by atoms with van der Waals surface area (Å²) >= 11 is 3.18. The van der Waals surface area contributed by atoms with Crippen LogP contribution < -0.4 is 5.32 Å². The Kier molecular flexibility index (Phi) is 5.20. The van der Waals surface area contributed by atoms with Gasteiger partial charge in [0.1, 0.15) is 0 Å². The summed E-state index contributed by atoms with van der Waals surface area (Å²) in [5.74, 6) is 0. The van der Waals surface area contributed by atoms with Crippen LogP contribution in [0.1, 0.15) is 11.1 Å². The normalized spacial score (nSPS) is 10.4. The summed E-state index contributed by atoms with van der Waals surface area (Å²) in [6, 6.07) is 9.12. The number of aromatic nitrogens is 1. The van der Waals surface area contributed by atoms with Gasteiger partial charge in [-0.05, 0) is 58.2 Å². The van der Waals surface area contributed by atoms with Gasteiger partial charge in [0.2, 0.25) is 0 Å². The number of nitro groups is 1. The van der Waals surface area contributed by atoms with Crippen LogP contribution in [-0.4, -0.2) is 16.5 Å². The molecule has 0 saturated carbocycles. The van der Waals surface area contributed by atoms with Crippen molar-refractivity contribution in [2.75, 3.05) is 6.54 Å². The largest absolute Gasteiger partial charge is 0.312 e. The van der Waals surface area contributed by atoms with E-state index in [0.717, 1.165) is 18.5 Å². The third kappa shape index (κ3) is 4.11. The summed E-state index contributed by atoms with van der Waals surface area (Å²) in [4.78, 5) is 14.4. The Hall–Kier alpha value is -1.79. The van der Waals surface area contributed by atoms with Crippen LogP contribution in [-0.2, 0) is 13.0 Å². The molecule has 0 unspecified atom stereocenters. The minimum atomic E-state index is -0.384. The van der Waals surface area contributed by atoms with Crippen LogP contribution in [0.2, 0.25) is 0 Å². The number of nitro benzene ring substituents is 1. The molecule has 0 amide bonds. The molecule has 0 spiro atoms. The summed E-state index contributed by atoms with van der Waals surface area (Å²) in [7, 11) is 0. The predicted octanol–water partition coefficient (Wildman–Crippen LogP) is 3.08. The monoisotopic (exact) mass is 335 g/mol. The molecule has 5 nitrogen and oxygen atoms in total. The molecule has 0 aliphatic heterocycles. The molecule has 1 aromatic carbocycles. The van der Waals surface area contributed by atoms with Crippen molar-refractivity contribution in [3.05, 3.63) is 68.4 Å². The highest BCUT2D eigenvalue weighted by Gasteiger charge is 2.11. The fraction of sp³-hybridized carbons (Fsp3) is 0.214. The zero-order valence-electron chi connectivity index (χ0n) is 10.8. The lowest BCUT2D eigenvalue weighted by atomic mass is 10.2. The van der Waals surface area contributed by atoms with Gasteiger partial charge >= 0.3 is 0 Å². The first-order valence-electron chi connectivity index (χ1n) is 6.19. The Labute approximate surface area is 125 Å². The van der Waals surface area contributed by atoms with Crippen LogP contribution in [0.4, 0.5) is 5.69 Å². The van der Waals surface area contributed by atoms with E-state index < -0.39 is 0 Å². The molecule has 0 aliphatic carbocycles. The standard InChI is InChI=1S/C14H14BrN3O2/c15-13-2-1-12(9-14(13)18(19)20)10-17-8-5-11-3-6-16-7-4-11/h1-4,6-7,9,17H,5,8,10H2. The topological polar surface area (TPSA) is 68.1 Å². The molecular formula is C14H14BrN3O2. The SMILES string of the molecule is O=[N+]([O-])c1cc(CNCCc2ccncc2)ccc1Br. The zero-order chi connectivity index (χ0) is 14.4. The minimum Gasteiger partial charge on any atom is -0.312 e. The number of halogens is 1. The maximum atomic E-state index is 10.8. The van der Waals surface area contributed by atoms with E-state index in [-0.39, 0.29) is 10.6 Å². The van der Waals surface area contributed by atoms with Crippen LogP contribution in [0, 0.1) is 10.1 Å². The van der Waals surface area contributed by atoms with E-state index in [0.29, 0.717) is 11.0 Å². The predicted molar refractivity (Wildman–Crippen MR) is 80.4 cm³/mol. The highest BCUT2D eigenvalue weighted by Crippen LogP contribution is 2.25. The average molecular weight is 336 g/mol. The molecule has 1 N–H and O–H groups in total. The summed E-state index contributed by atoms with van der Waals surface area (Å²) in [6.07, 6.45) is 4.45. The first kappa shape index (κ1) is 14.6. The van der Waals surface area contributed by atoms with Crippen molar-refractivity contribution in [3.8, 4) is 0 Å². The number of pyridine rings is 1. The van der Waals surface area contributed by atoms with E-state index in [9.17, 15) is 10.1 Å². The first-order valence-corrected chi connectivity index (χ1v) is 6.98. The smallest absolute Gasteiger partial charge is 0.283 e. The number of nitrogens with one attached hydrogen (secondary N) is 1. The van der Waals surface area contributed by atoms with E-state index in [2.05, 4.69) is 26.2 Å². The fourth-order valence-corrected chi connectivity index (χ4v) is 2.21. The van der Waals surface area contributed by atoms with Crippen LogP contribution in [0.3, 0.4) is 0 Å². The quantitative estimate of drug-likeness (QED) is 0.500. The summed E-state index contributed by atoms with van der Waals surface area (Å²) in [6.45, 7) is 1.42. The van der Waals surface area contributed by atoms with E-state index in [1.54, 1.807) is 24.5 Å². The number of rotatable bonds is 6. The molecule has 0 fully saturated rings. The van der Waals surface area contributed by atoms with Gasteiger partial charge in [-0.15, -0.1) is 0 Å². The molecule has 0 radical (unpaired) electrons. The molecule has 6 heteroatoms. The molecular weight excluding hydrogens is 322 g/mol. The second-order valence-electron chi connectivity index (χ2n) is 4.33. The van der Waals surface area contributed by atoms with Crippen molar-refractivity contribution in [3.63, 3.8) is 0 Å². The molecule has 0 aliphatic rings. The van der Waals surface area contributed by atoms with Gasteiger partial charge in [0.15, 0.2) is 0 Å². The molecule has 104 valence electrons. The first-order chi connectivity index (χ1) is 9.66.